The molecule has 0 fully saturated rings. The van der Waals surface area contributed by atoms with Crippen LogP contribution in [0.3, 0.4) is 0 Å². The summed E-state index contributed by atoms with van der Waals surface area (Å²) in [7, 11) is 0. The van der Waals surface area contributed by atoms with Crippen LogP contribution >= 0.6 is 0 Å². The summed E-state index contributed by atoms with van der Waals surface area (Å²) >= 11 is 0. The third kappa shape index (κ3) is 7.79. The van der Waals surface area contributed by atoms with E-state index < -0.39 is 0 Å². The SMILES string of the molecule is CCCCCCCN1\C(=C/C=C(/C=C/C2[NH+](CCCCCCC)c3ccccc3C2(C)C)CCC)C(C)(C)c2ccccc21. The maximum atomic E-state index is 2.63. The minimum absolute atomic E-state index is 0.00532. The van der Waals surface area contributed by atoms with Crippen molar-refractivity contribution < 1.29 is 4.90 Å². The van der Waals surface area contributed by atoms with Crippen LogP contribution < -0.4 is 9.80 Å². The fraction of sp³-hybridized carbons (Fsp3) is 0.571. The number of quaternary nitrogens is 1. The first-order valence-electron chi connectivity index (χ1n) is 18.2. The zero-order chi connectivity index (χ0) is 31.6. The molecule has 0 amide bonds. The van der Waals surface area contributed by atoms with Gasteiger partial charge in [-0.2, -0.15) is 0 Å². The Bertz CT molecular complexity index is 1280. The van der Waals surface area contributed by atoms with Gasteiger partial charge in [-0.3, -0.25) is 4.90 Å². The first-order chi connectivity index (χ1) is 21.3. The number of hydrogen-bond donors (Lipinski definition) is 1. The molecule has 2 heterocycles. The van der Waals surface area contributed by atoms with Crippen LogP contribution in [0.2, 0.25) is 0 Å². The van der Waals surface area contributed by atoms with Crippen LogP contribution in [-0.2, 0) is 10.8 Å². The van der Waals surface area contributed by atoms with Crippen molar-refractivity contribution in [2.24, 2.45) is 0 Å². The van der Waals surface area contributed by atoms with E-state index in [9.17, 15) is 0 Å². The van der Waals surface area contributed by atoms with Gasteiger partial charge in [-0.05, 0) is 75.0 Å². The summed E-state index contributed by atoms with van der Waals surface area (Å²) in [5.74, 6) is 0. The van der Waals surface area contributed by atoms with Crippen molar-refractivity contribution in [3.8, 4) is 0 Å². The van der Waals surface area contributed by atoms with E-state index in [0.29, 0.717) is 6.04 Å². The second kappa shape index (κ2) is 16.1. The molecule has 2 aliphatic rings. The molecule has 0 saturated carbocycles. The number of benzene rings is 2. The van der Waals surface area contributed by atoms with Gasteiger partial charge in [0.05, 0.1) is 12.0 Å². The smallest absolute Gasteiger partial charge is 0.135 e. The van der Waals surface area contributed by atoms with Crippen LogP contribution in [0.25, 0.3) is 0 Å². The standard InChI is InChI=1S/C42H62N2/c1-8-11-13-15-21-32-43-37-26-19-17-24-35(37)41(4,5)39(43)30-28-34(23-10-3)29-31-40-42(6,7)36-25-18-20-27-38(36)44(40)33-22-16-14-12-9-2/h17-20,24-31,39H,8-16,21-23,32-33H2,1-7H3/p+1/b30-28+,34-29+,40-31-. The van der Waals surface area contributed by atoms with Crippen molar-refractivity contribution in [2.45, 2.75) is 142 Å². The number of allylic oxidation sites excluding steroid dienone is 5. The second-order valence-electron chi connectivity index (χ2n) is 14.5. The molecular weight excluding hydrogens is 532 g/mol. The van der Waals surface area contributed by atoms with E-state index in [1.807, 2.05) is 0 Å². The van der Waals surface area contributed by atoms with Gasteiger partial charge in [-0.1, -0.05) is 135 Å². The fourth-order valence-corrected chi connectivity index (χ4v) is 7.83. The molecule has 1 N–H and O–H groups in total. The highest BCUT2D eigenvalue weighted by atomic mass is 15.2. The molecule has 2 aromatic rings. The number of hydrogen-bond acceptors (Lipinski definition) is 1. The summed E-state index contributed by atoms with van der Waals surface area (Å²) in [6, 6.07) is 18.8. The normalized spacial score (nSPS) is 21.4. The molecule has 2 nitrogen and oxygen atoms in total. The Morgan fingerprint density at radius 1 is 0.750 bits per heavy atom. The minimum atomic E-state index is 0.00532. The van der Waals surface area contributed by atoms with Crippen LogP contribution in [0.5, 0.6) is 0 Å². The van der Waals surface area contributed by atoms with Crippen molar-refractivity contribution >= 4 is 11.4 Å². The molecule has 0 aromatic heterocycles. The van der Waals surface area contributed by atoms with Crippen molar-refractivity contribution in [2.75, 3.05) is 18.0 Å². The zero-order valence-electron chi connectivity index (χ0n) is 29.4. The molecule has 44 heavy (non-hydrogen) atoms. The Kier molecular flexibility index (Phi) is 12.6. The van der Waals surface area contributed by atoms with E-state index in [2.05, 4.69) is 126 Å². The summed E-state index contributed by atoms with van der Waals surface area (Å²) in [4.78, 5) is 4.29. The van der Waals surface area contributed by atoms with Gasteiger partial charge in [0.25, 0.3) is 0 Å². The molecule has 2 aromatic carbocycles. The van der Waals surface area contributed by atoms with Gasteiger partial charge in [0.15, 0.2) is 0 Å². The predicted molar refractivity (Wildman–Crippen MR) is 193 cm³/mol. The Balaban J connectivity index is 1.60. The average Bonchev–Trinajstić information content (AvgIpc) is 3.37. The third-order valence-corrected chi connectivity index (χ3v) is 10.5. The maximum absolute atomic E-state index is 2.63. The molecule has 0 spiro atoms. The van der Waals surface area contributed by atoms with Crippen molar-refractivity contribution in [3.05, 3.63) is 95.2 Å². The van der Waals surface area contributed by atoms with Gasteiger partial charge in [0.1, 0.15) is 11.7 Å². The van der Waals surface area contributed by atoms with Crippen LogP contribution in [-0.4, -0.2) is 19.1 Å². The number of anilines is 1. The van der Waals surface area contributed by atoms with Crippen molar-refractivity contribution in [1.29, 1.82) is 0 Å². The van der Waals surface area contributed by atoms with Gasteiger partial charge in [0.2, 0.25) is 0 Å². The molecule has 2 atom stereocenters. The monoisotopic (exact) mass is 595 g/mol. The van der Waals surface area contributed by atoms with Gasteiger partial charge in [-0.15, -0.1) is 0 Å². The molecule has 0 aliphatic carbocycles. The maximum Gasteiger partial charge on any atom is 0.135 e. The topological polar surface area (TPSA) is 7.68 Å². The summed E-state index contributed by atoms with van der Waals surface area (Å²) in [5, 5.41) is 0. The highest BCUT2D eigenvalue weighted by Gasteiger charge is 2.47. The Hall–Kier alpha value is -2.58. The summed E-state index contributed by atoms with van der Waals surface area (Å²) in [6.07, 6.45) is 25.5. The van der Waals surface area contributed by atoms with Crippen LogP contribution in [0.15, 0.2) is 84.1 Å². The Morgan fingerprint density at radius 3 is 2.09 bits per heavy atom. The van der Waals surface area contributed by atoms with Gasteiger partial charge < -0.3 is 4.90 Å². The van der Waals surface area contributed by atoms with Gasteiger partial charge >= 0.3 is 0 Å². The highest BCUT2D eigenvalue weighted by Crippen LogP contribution is 2.47. The first-order valence-corrected chi connectivity index (χ1v) is 18.2. The largest absolute Gasteiger partial charge is 0.344 e. The molecule has 2 heteroatoms. The second-order valence-corrected chi connectivity index (χ2v) is 14.5. The molecular formula is C42H63N2+. The lowest BCUT2D eigenvalue weighted by Gasteiger charge is -2.28. The predicted octanol–water partition coefficient (Wildman–Crippen LogP) is 10.8. The Morgan fingerprint density at radius 2 is 1.39 bits per heavy atom. The highest BCUT2D eigenvalue weighted by molar-refractivity contribution is 5.70. The Labute approximate surface area is 271 Å². The van der Waals surface area contributed by atoms with E-state index in [1.165, 1.54) is 105 Å². The van der Waals surface area contributed by atoms with Crippen LogP contribution in [0.4, 0.5) is 11.4 Å². The van der Waals surface area contributed by atoms with Crippen molar-refractivity contribution in [3.63, 3.8) is 0 Å². The number of para-hydroxylation sites is 2. The van der Waals surface area contributed by atoms with E-state index in [-0.39, 0.29) is 10.8 Å². The number of nitrogens with one attached hydrogen (secondary N) is 1. The third-order valence-electron chi connectivity index (χ3n) is 10.5. The van der Waals surface area contributed by atoms with Crippen LogP contribution in [0, 0.1) is 0 Å². The molecule has 2 unspecified atom stereocenters. The molecule has 0 radical (unpaired) electrons. The van der Waals surface area contributed by atoms with Crippen molar-refractivity contribution in [1.82, 2.24) is 0 Å². The fourth-order valence-electron chi connectivity index (χ4n) is 7.83. The van der Waals surface area contributed by atoms with E-state index in [0.717, 1.165) is 19.4 Å². The van der Waals surface area contributed by atoms with E-state index >= 15 is 0 Å². The van der Waals surface area contributed by atoms with Gasteiger partial charge in [0, 0.05) is 28.9 Å². The first kappa shape index (κ1) is 34.3. The van der Waals surface area contributed by atoms with Gasteiger partial charge in [-0.25, -0.2) is 0 Å². The lowest BCUT2D eigenvalue weighted by atomic mass is 9.80. The quantitative estimate of drug-likeness (QED) is 0.141. The molecule has 4 rings (SSSR count). The molecule has 0 bridgehead atoms. The molecule has 0 saturated heterocycles. The summed E-state index contributed by atoms with van der Waals surface area (Å²) in [5.41, 5.74) is 8.93. The lowest BCUT2D eigenvalue weighted by Crippen LogP contribution is -3.10. The number of unbranched alkanes of at least 4 members (excludes halogenated alkanes) is 8. The van der Waals surface area contributed by atoms with Crippen LogP contribution in [0.1, 0.15) is 137 Å². The zero-order valence-corrected chi connectivity index (χ0v) is 29.4. The lowest BCUT2D eigenvalue weighted by molar-refractivity contribution is -0.850. The number of nitrogens with zero attached hydrogens (tertiary/aromatic N) is 1. The summed E-state index contributed by atoms with van der Waals surface area (Å²) < 4.78 is 0. The average molecular weight is 596 g/mol. The summed E-state index contributed by atoms with van der Waals surface area (Å²) in [6.45, 7) is 19.0. The molecule has 2 aliphatic heterocycles. The minimum Gasteiger partial charge on any atom is -0.344 e. The number of rotatable bonds is 17. The van der Waals surface area contributed by atoms with E-state index in [1.54, 1.807) is 4.90 Å². The van der Waals surface area contributed by atoms with E-state index in [4.69, 9.17) is 0 Å². The molecule has 240 valence electrons. The number of fused-ring (bicyclic) bond motifs is 2.